The van der Waals surface area contributed by atoms with Crippen molar-refractivity contribution in [2.75, 3.05) is 5.32 Å². The molecule has 0 bridgehead atoms. The molecule has 0 aliphatic rings. The Balaban J connectivity index is 1.61. The maximum absolute atomic E-state index is 13.3. The fourth-order valence-corrected chi connectivity index (χ4v) is 3.12. The molecule has 8 heteroatoms. The van der Waals surface area contributed by atoms with Gasteiger partial charge in [-0.2, -0.15) is 0 Å². The highest BCUT2D eigenvalue weighted by molar-refractivity contribution is 6.05. The van der Waals surface area contributed by atoms with Gasteiger partial charge in [-0.15, -0.1) is 0 Å². The molecule has 0 fully saturated rings. The number of phenolic OH excluding ortho intramolecular Hbond substituents is 1. The minimum Gasteiger partial charge on any atom is -0.506 e. The molecule has 2 amide bonds. The molecule has 0 radical (unpaired) electrons. The number of carbonyl (C=O) groups is 2. The van der Waals surface area contributed by atoms with E-state index < -0.39 is 18.0 Å². The van der Waals surface area contributed by atoms with Crippen LogP contribution in [-0.2, 0) is 4.74 Å². The number of nitrogens with one attached hydrogen (secondary N) is 2. The number of hydrogen-bond acceptors (Lipinski definition) is 5. The Morgan fingerprint density at radius 1 is 1.09 bits per heavy atom. The average Bonchev–Trinajstić information content (AvgIpc) is 2.79. The minimum absolute atomic E-state index is 0.0190. The van der Waals surface area contributed by atoms with Crippen molar-refractivity contribution in [3.63, 3.8) is 0 Å². The average molecular weight is 437 g/mol. The lowest BCUT2D eigenvalue weighted by molar-refractivity contribution is 0.101. The number of aromatic nitrogens is 1. The van der Waals surface area contributed by atoms with Crippen molar-refractivity contribution in [3.8, 4) is 5.75 Å². The van der Waals surface area contributed by atoms with Crippen molar-refractivity contribution in [2.45, 2.75) is 32.4 Å². The molecule has 3 aromatic rings. The summed E-state index contributed by atoms with van der Waals surface area (Å²) in [7, 11) is 0. The van der Waals surface area contributed by atoms with Crippen LogP contribution < -0.4 is 10.6 Å². The van der Waals surface area contributed by atoms with Crippen LogP contribution in [0.25, 0.3) is 0 Å². The smallest absolute Gasteiger partial charge is 0.408 e. The summed E-state index contributed by atoms with van der Waals surface area (Å²) < 4.78 is 18.7. The highest BCUT2D eigenvalue weighted by atomic mass is 19.1. The number of rotatable bonds is 7. The predicted molar refractivity (Wildman–Crippen MR) is 118 cm³/mol. The molecule has 1 heterocycles. The van der Waals surface area contributed by atoms with Crippen LogP contribution in [0.1, 0.15) is 53.9 Å². The molecule has 1 aromatic heterocycles. The van der Waals surface area contributed by atoms with E-state index in [0.717, 1.165) is 11.8 Å². The van der Waals surface area contributed by atoms with Crippen LogP contribution in [0.2, 0.25) is 0 Å². The van der Waals surface area contributed by atoms with Gasteiger partial charge in [0.25, 0.3) is 5.91 Å². The molecule has 2 atom stereocenters. The van der Waals surface area contributed by atoms with Gasteiger partial charge in [0.1, 0.15) is 17.7 Å². The number of anilines is 1. The number of pyridine rings is 1. The zero-order chi connectivity index (χ0) is 23.1. The van der Waals surface area contributed by atoms with Crippen molar-refractivity contribution >= 4 is 17.7 Å². The summed E-state index contributed by atoms with van der Waals surface area (Å²) >= 11 is 0. The van der Waals surface area contributed by atoms with Gasteiger partial charge in [0.2, 0.25) is 0 Å². The number of ether oxygens (including phenoxy) is 1. The number of para-hydroxylation sites is 2. The molecule has 2 aromatic carbocycles. The Morgan fingerprint density at radius 2 is 1.81 bits per heavy atom. The van der Waals surface area contributed by atoms with Gasteiger partial charge in [-0.3, -0.25) is 9.78 Å². The third kappa shape index (κ3) is 5.81. The molecule has 0 aliphatic heterocycles. The van der Waals surface area contributed by atoms with E-state index in [1.807, 2.05) is 6.92 Å². The first-order valence-electron chi connectivity index (χ1n) is 10.1. The number of halogens is 1. The Kier molecular flexibility index (Phi) is 7.38. The van der Waals surface area contributed by atoms with Gasteiger partial charge in [-0.1, -0.05) is 31.2 Å². The molecular weight excluding hydrogens is 413 g/mol. The Hall–Kier alpha value is -3.94. The van der Waals surface area contributed by atoms with Crippen molar-refractivity contribution in [1.29, 1.82) is 0 Å². The maximum atomic E-state index is 13.3. The van der Waals surface area contributed by atoms with Gasteiger partial charge in [0.15, 0.2) is 0 Å². The van der Waals surface area contributed by atoms with Crippen molar-refractivity contribution in [2.24, 2.45) is 0 Å². The molecule has 7 nitrogen and oxygen atoms in total. The van der Waals surface area contributed by atoms with Crippen LogP contribution in [0.3, 0.4) is 0 Å². The first-order chi connectivity index (χ1) is 15.4. The highest BCUT2D eigenvalue weighted by Crippen LogP contribution is 2.23. The van der Waals surface area contributed by atoms with Crippen LogP contribution in [0.15, 0.2) is 67.0 Å². The van der Waals surface area contributed by atoms with E-state index in [9.17, 15) is 19.1 Å². The quantitative estimate of drug-likeness (QED) is 0.446. The Bertz CT molecular complexity index is 1090. The van der Waals surface area contributed by atoms with Gasteiger partial charge in [0.05, 0.1) is 17.9 Å². The van der Waals surface area contributed by atoms with Crippen molar-refractivity contribution in [1.82, 2.24) is 10.3 Å². The standard InChI is InChI=1S/C24H24FN3O4/c1-3-20(28-24(31)32-15(2)18-12-19(25)14-26-13-18)16-8-10-17(11-9-16)23(30)27-21-6-4-5-7-22(21)29/h4-15,20,29H,3H2,1-2H3,(H,27,30)(H,28,31)/t15-,20?/m0/s1. The molecule has 3 N–H and O–H groups in total. The van der Waals surface area contributed by atoms with E-state index >= 15 is 0 Å². The summed E-state index contributed by atoms with van der Waals surface area (Å²) in [6.07, 6.45) is 1.80. The van der Waals surface area contributed by atoms with Gasteiger partial charge in [0, 0.05) is 17.3 Å². The topological polar surface area (TPSA) is 101 Å². The van der Waals surface area contributed by atoms with Gasteiger partial charge < -0.3 is 20.5 Å². The molecule has 1 unspecified atom stereocenters. The SMILES string of the molecule is CCC(NC(=O)O[C@@H](C)c1cncc(F)c1)c1ccc(C(=O)Nc2ccccc2O)cc1. The number of benzene rings is 2. The van der Waals surface area contributed by atoms with Crippen LogP contribution >= 0.6 is 0 Å². The molecule has 32 heavy (non-hydrogen) atoms. The van der Waals surface area contributed by atoms with E-state index in [1.54, 1.807) is 49.4 Å². The third-order valence-electron chi connectivity index (χ3n) is 4.91. The van der Waals surface area contributed by atoms with Crippen LogP contribution in [0.5, 0.6) is 5.75 Å². The van der Waals surface area contributed by atoms with Gasteiger partial charge >= 0.3 is 6.09 Å². The summed E-state index contributed by atoms with van der Waals surface area (Å²) in [5.41, 5.74) is 1.97. The summed E-state index contributed by atoms with van der Waals surface area (Å²) in [6.45, 7) is 3.54. The monoisotopic (exact) mass is 437 g/mol. The van der Waals surface area contributed by atoms with Gasteiger partial charge in [-0.05, 0) is 49.2 Å². The Morgan fingerprint density at radius 3 is 2.47 bits per heavy atom. The van der Waals surface area contributed by atoms with Crippen LogP contribution in [-0.4, -0.2) is 22.1 Å². The van der Waals surface area contributed by atoms with E-state index in [1.165, 1.54) is 18.3 Å². The zero-order valence-electron chi connectivity index (χ0n) is 17.7. The van der Waals surface area contributed by atoms with E-state index in [4.69, 9.17) is 4.74 Å². The largest absolute Gasteiger partial charge is 0.506 e. The highest BCUT2D eigenvalue weighted by Gasteiger charge is 2.18. The first kappa shape index (κ1) is 22.7. The maximum Gasteiger partial charge on any atom is 0.408 e. The lowest BCUT2D eigenvalue weighted by atomic mass is 10.0. The normalized spacial score (nSPS) is 12.5. The molecule has 0 spiro atoms. The van der Waals surface area contributed by atoms with E-state index in [0.29, 0.717) is 23.2 Å². The molecular formula is C24H24FN3O4. The summed E-state index contributed by atoms with van der Waals surface area (Å²) in [5.74, 6) is -0.887. The lowest BCUT2D eigenvalue weighted by Gasteiger charge is -2.20. The minimum atomic E-state index is -0.670. The zero-order valence-corrected chi connectivity index (χ0v) is 17.7. The fourth-order valence-electron chi connectivity index (χ4n) is 3.12. The summed E-state index contributed by atoms with van der Waals surface area (Å²) in [5, 5.41) is 15.2. The molecule has 3 rings (SSSR count). The second-order valence-electron chi connectivity index (χ2n) is 7.18. The van der Waals surface area contributed by atoms with E-state index in [2.05, 4.69) is 15.6 Å². The second kappa shape index (κ2) is 10.4. The van der Waals surface area contributed by atoms with Crippen molar-refractivity contribution < 1.29 is 23.8 Å². The number of alkyl carbamates (subject to hydrolysis) is 1. The molecule has 0 saturated heterocycles. The van der Waals surface area contributed by atoms with Crippen LogP contribution in [0, 0.1) is 5.82 Å². The Labute approximate surface area is 185 Å². The van der Waals surface area contributed by atoms with E-state index in [-0.39, 0.29) is 17.7 Å². The molecule has 0 saturated carbocycles. The third-order valence-corrected chi connectivity index (χ3v) is 4.91. The number of hydrogen-bond donors (Lipinski definition) is 3. The summed E-state index contributed by atoms with van der Waals surface area (Å²) in [6, 6.07) is 14.2. The second-order valence-corrected chi connectivity index (χ2v) is 7.18. The number of nitrogens with zero attached hydrogens (tertiary/aromatic N) is 1. The van der Waals surface area contributed by atoms with Crippen LogP contribution in [0.4, 0.5) is 14.9 Å². The molecule has 0 aliphatic carbocycles. The number of phenols is 1. The van der Waals surface area contributed by atoms with Gasteiger partial charge in [-0.25, -0.2) is 9.18 Å². The lowest BCUT2D eigenvalue weighted by Crippen LogP contribution is -2.29. The number of aromatic hydroxyl groups is 1. The fraction of sp³-hybridized carbons (Fsp3) is 0.208. The number of carbonyl (C=O) groups excluding carboxylic acids is 2. The van der Waals surface area contributed by atoms with Crippen molar-refractivity contribution in [3.05, 3.63) is 89.5 Å². The first-order valence-corrected chi connectivity index (χ1v) is 10.1. The molecule has 166 valence electrons. The summed E-state index contributed by atoms with van der Waals surface area (Å²) in [4.78, 5) is 28.5. The predicted octanol–water partition coefficient (Wildman–Crippen LogP) is 5.12. The number of amides is 2.